The molecule has 2 heterocycles. The minimum absolute atomic E-state index is 0.359. The molecule has 0 aliphatic carbocycles. The Kier molecular flexibility index (Phi) is 2.73. The zero-order valence-corrected chi connectivity index (χ0v) is 9.69. The van der Waals surface area contributed by atoms with E-state index in [1.165, 1.54) is 0 Å². The summed E-state index contributed by atoms with van der Waals surface area (Å²) in [5, 5.41) is 4.09. The Morgan fingerprint density at radius 2 is 2.40 bits per heavy atom. The summed E-state index contributed by atoms with van der Waals surface area (Å²) in [6.07, 6.45) is 1.65. The first kappa shape index (κ1) is 10.2. The van der Waals surface area contributed by atoms with E-state index in [1.807, 2.05) is 6.07 Å². The molecule has 4 nitrogen and oxygen atoms in total. The number of rotatable bonds is 2. The maximum absolute atomic E-state index is 11.6. The third-order valence-electron chi connectivity index (χ3n) is 1.98. The molecule has 0 unspecified atom stereocenters. The predicted molar refractivity (Wildman–Crippen MR) is 58.8 cm³/mol. The van der Waals surface area contributed by atoms with E-state index >= 15 is 0 Å². The Bertz CT molecular complexity index is 507. The molecule has 0 fully saturated rings. The first-order valence-corrected chi connectivity index (χ1v) is 5.32. The molecule has 0 atom stereocenters. The monoisotopic (exact) mass is 268 g/mol. The van der Waals surface area contributed by atoms with Crippen LogP contribution in [0, 0.1) is 0 Å². The molecule has 15 heavy (non-hydrogen) atoms. The zero-order chi connectivity index (χ0) is 10.8. The van der Waals surface area contributed by atoms with Crippen LogP contribution in [-0.2, 0) is 4.74 Å². The minimum atomic E-state index is -0.362. The zero-order valence-electron chi connectivity index (χ0n) is 8.11. The number of carbonyl (C=O) groups is 1. The number of aromatic nitrogens is 2. The van der Waals surface area contributed by atoms with Gasteiger partial charge in [0.15, 0.2) is 5.69 Å². The molecule has 2 aromatic heterocycles. The van der Waals surface area contributed by atoms with Crippen LogP contribution in [0.4, 0.5) is 0 Å². The molecule has 0 amide bonds. The van der Waals surface area contributed by atoms with E-state index in [9.17, 15) is 4.79 Å². The topological polar surface area (TPSA) is 43.6 Å². The van der Waals surface area contributed by atoms with Crippen molar-refractivity contribution in [2.24, 2.45) is 0 Å². The third kappa shape index (κ3) is 1.74. The van der Waals surface area contributed by atoms with Crippen molar-refractivity contribution in [3.8, 4) is 0 Å². The van der Waals surface area contributed by atoms with Gasteiger partial charge in [-0.25, -0.2) is 9.31 Å². The lowest BCUT2D eigenvalue weighted by Crippen LogP contribution is -2.10. The Morgan fingerprint density at radius 3 is 3.13 bits per heavy atom. The molecule has 2 aromatic rings. The van der Waals surface area contributed by atoms with Crippen molar-refractivity contribution in [2.75, 3.05) is 6.61 Å². The third-order valence-corrected chi connectivity index (χ3v) is 2.59. The Hall–Kier alpha value is -1.36. The number of nitrogens with zero attached hydrogens (tertiary/aromatic N) is 2. The van der Waals surface area contributed by atoms with Crippen LogP contribution >= 0.6 is 15.9 Å². The molecule has 0 saturated heterocycles. The number of carbonyl (C=O) groups excluding carboxylic acids is 1. The smallest absolute Gasteiger partial charge is 0.356 e. The molecular weight excluding hydrogens is 260 g/mol. The van der Waals surface area contributed by atoms with E-state index in [-0.39, 0.29) is 5.97 Å². The number of halogens is 1. The maximum Gasteiger partial charge on any atom is 0.356 e. The van der Waals surface area contributed by atoms with E-state index in [4.69, 9.17) is 4.74 Å². The lowest BCUT2D eigenvalue weighted by atomic mass is 10.3. The molecule has 0 aromatic carbocycles. The number of esters is 1. The molecule has 0 aliphatic rings. The average Bonchev–Trinajstić information content (AvgIpc) is 2.61. The van der Waals surface area contributed by atoms with Gasteiger partial charge in [0.25, 0.3) is 0 Å². The highest BCUT2D eigenvalue weighted by Crippen LogP contribution is 2.18. The summed E-state index contributed by atoms with van der Waals surface area (Å²) >= 11 is 3.35. The fourth-order valence-electron chi connectivity index (χ4n) is 1.34. The molecule has 0 aliphatic heterocycles. The number of hydrogen-bond acceptors (Lipinski definition) is 3. The van der Waals surface area contributed by atoms with Crippen LogP contribution in [0.1, 0.15) is 17.4 Å². The van der Waals surface area contributed by atoms with Gasteiger partial charge in [0, 0.05) is 0 Å². The van der Waals surface area contributed by atoms with Crippen molar-refractivity contribution < 1.29 is 9.53 Å². The minimum Gasteiger partial charge on any atom is -0.461 e. The average molecular weight is 269 g/mol. The summed E-state index contributed by atoms with van der Waals surface area (Å²) in [6.45, 7) is 2.13. The Balaban J connectivity index is 2.56. The van der Waals surface area contributed by atoms with Crippen molar-refractivity contribution in [3.63, 3.8) is 0 Å². The number of ether oxygens (including phenoxy) is 1. The lowest BCUT2D eigenvalue weighted by Gasteiger charge is -2.03. The van der Waals surface area contributed by atoms with Crippen LogP contribution in [0.3, 0.4) is 0 Å². The fraction of sp³-hybridized carbons (Fsp3) is 0.200. The van der Waals surface area contributed by atoms with Crippen molar-refractivity contribution in [3.05, 3.63) is 34.6 Å². The van der Waals surface area contributed by atoms with E-state index in [1.54, 1.807) is 29.8 Å². The fourth-order valence-corrected chi connectivity index (χ4v) is 1.73. The Morgan fingerprint density at radius 1 is 1.60 bits per heavy atom. The van der Waals surface area contributed by atoms with Crippen LogP contribution in [0.2, 0.25) is 0 Å². The van der Waals surface area contributed by atoms with Crippen LogP contribution in [-0.4, -0.2) is 22.2 Å². The van der Waals surface area contributed by atoms with E-state index in [0.717, 1.165) is 9.99 Å². The summed E-state index contributed by atoms with van der Waals surface area (Å²) in [6, 6.07) is 5.36. The van der Waals surface area contributed by atoms with Crippen molar-refractivity contribution in [1.82, 2.24) is 9.61 Å². The molecule has 0 radical (unpaired) electrons. The van der Waals surface area contributed by atoms with Crippen molar-refractivity contribution >= 4 is 27.4 Å². The van der Waals surface area contributed by atoms with Crippen LogP contribution < -0.4 is 0 Å². The van der Waals surface area contributed by atoms with Gasteiger partial charge in [-0.1, -0.05) is 6.07 Å². The van der Waals surface area contributed by atoms with Gasteiger partial charge in [-0.3, -0.25) is 0 Å². The van der Waals surface area contributed by atoms with Gasteiger partial charge in [0.1, 0.15) is 0 Å². The van der Waals surface area contributed by atoms with E-state index in [0.29, 0.717) is 12.3 Å². The lowest BCUT2D eigenvalue weighted by molar-refractivity contribution is 0.0516. The van der Waals surface area contributed by atoms with Gasteiger partial charge in [-0.2, -0.15) is 5.10 Å². The van der Waals surface area contributed by atoms with E-state index < -0.39 is 0 Å². The molecule has 0 spiro atoms. The highest BCUT2D eigenvalue weighted by atomic mass is 79.9. The SMILES string of the molecule is CCOC(=O)c1cccc2c(Br)cnn12. The first-order chi connectivity index (χ1) is 7.24. The summed E-state index contributed by atoms with van der Waals surface area (Å²) in [4.78, 5) is 11.6. The molecule has 78 valence electrons. The molecule has 0 N–H and O–H groups in total. The number of pyridine rings is 1. The molecular formula is C10H9BrN2O2. The second kappa shape index (κ2) is 4.02. The molecule has 5 heteroatoms. The van der Waals surface area contributed by atoms with Gasteiger partial charge in [0.2, 0.25) is 0 Å². The van der Waals surface area contributed by atoms with E-state index in [2.05, 4.69) is 21.0 Å². The van der Waals surface area contributed by atoms with Gasteiger partial charge < -0.3 is 4.74 Å². The molecule has 0 saturated carbocycles. The summed E-state index contributed by atoms with van der Waals surface area (Å²) < 4.78 is 7.34. The standard InChI is InChI=1S/C10H9BrN2O2/c1-2-15-10(14)9-5-3-4-8-7(11)6-12-13(8)9/h3-6H,2H2,1H3. The van der Waals surface area contributed by atoms with Gasteiger partial charge in [-0.15, -0.1) is 0 Å². The number of hydrogen-bond donors (Lipinski definition) is 0. The van der Waals surface area contributed by atoms with Gasteiger partial charge in [-0.05, 0) is 35.0 Å². The molecule has 2 rings (SSSR count). The first-order valence-electron chi connectivity index (χ1n) is 4.53. The highest BCUT2D eigenvalue weighted by Gasteiger charge is 2.12. The second-order valence-corrected chi connectivity index (χ2v) is 3.78. The normalized spacial score (nSPS) is 10.5. The Labute approximate surface area is 95.0 Å². The second-order valence-electron chi connectivity index (χ2n) is 2.92. The van der Waals surface area contributed by atoms with Crippen LogP contribution in [0.25, 0.3) is 5.52 Å². The predicted octanol–water partition coefficient (Wildman–Crippen LogP) is 2.27. The van der Waals surface area contributed by atoms with Crippen molar-refractivity contribution in [2.45, 2.75) is 6.92 Å². The highest BCUT2D eigenvalue weighted by molar-refractivity contribution is 9.10. The summed E-state index contributed by atoms with van der Waals surface area (Å²) in [5.74, 6) is -0.362. The summed E-state index contributed by atoms with van der Waals surface area (Å²) in [7, 11) is 0. The van der Waals surface area contributed by atoms with Crippen molar-refractivity contribution in [1.29, 1.82) is 0 Å². The largest absolute Gasteiger partial charge is 0.461 e. The number of fused-ring (bicyclic) bond motifs is 1. The quantitative estimate of drug-likeness (QED) is 0.785. The molecule has 0 bridgehead atoms. The van der Waals surface area contributed by atoms with Crippen LogP contribution in [0.15, 0.2) is 28.9 Å². The van der Waals surface area contributed by atoms with Crippen LogP contribution in [0.5, 0.6) is 0 Å². The van der Waals surface area contributed by atoms with Gasteiger partial charge >= 0.3 is 5.97 Å². The van der Waals surface area contributed by atoms with Gasteiger partial charge in [0.05, 0.1) is 22.8 Å². The maximum atomic E-state index is 11.6. The summed E-state index contributed by atoms with van der Waals surface area (Å²) in [5.41, 5.74) is 1.28.